The summed E-state index contributed by atoms with van der Waals surface area (Å²) in [6, 6.07) is 10.3. The fourth-order valence-electron chi connectivity index (χ4n) is 2.73. The molecule has 1 nitrogen and oxygen atoms in total. The monoisotopic (exact) mass is 330 g/mol. The van der Waals surface area contributed by atoms with Crippen LogP contribution in [0.4, 0.5) is 8.78 Å². The summed E-state index contributed by atoms with van der Waals surface area (Å²) in [6.45, 7) is 3.23. The largest absolute Gasteiger partial charge is 0.317 e. The number of aryl methyl sites for hydroxylation is 1. The zero-order valence-corrected chi connectivity index (χ0v) is 14.8. The van der Waals surface area contributed by atoms with E-state index in [0.717, 1.165) is 32.1 Å². The Morgan fingerprint density at radius 2 is 1.45 bits per heavy atom. The zero-order chi connectivity index (χ0) is 16.5. The SMILES string of the molecule is CCP(=O)(CC)C(F)(F)CCCCCCCc1ccccc1. The maximum atomic E-state index is 14.0. The minimum atomic E-state index is -3.32. The van der Waals surface area contributed by atoms with E-state index < -0.39 is 12.8 Å². The van der Waals surface area contributed by atoms with Gasteiger partial charge in [0.05, 0.1) is 0 Å². The molecule has 1 aromatic rings. The summed E-state index contributed by atoms with van der Waals surface area (Å²) in [7, 11) is -3.32. The van der Waals surface area contributed by atoms with Gasteiger partial charge in [-0.3, -0.25) is 0 Å². The van der Waals surface area contributed by atoms with Gasteiger partial charge in [-0.15, -0.1) is 0 Å². The van der Waals surface area contributed by atoms with Gasteiger partial charge in [-0.05, 0) is 24.8 Å². The summed E-state index contributed by atoms with van der Waals surface area (Å²) in [5.41, 5.74) is -1.64. The van der Waals surface area contributed by atoms with Crippen molar-refractivity contribution in [3.63, 3.8) is 0 Å². The molecule has 0 aliphatic rings. The standard InChI is InChI=1S/C18H29F2OP/c1-3-22(21,4-2)18(19,20)16-12-7-5-6-9-13-17-14-10-8-11-15-17/h8,10-11,14-15H,3-7,9,12-13,16H2,1-2H3. The van der Waals surface area contributed by atoms with Gasteiger partial charge in [-0.1, -0.05) is 63.4 Å². The van der Waals surface area contributed by atoms with Crippen molar-refractivity contribution in [2.24, 2.45) is 0 Å². The fourth-order valence-corrected chi connectivity index (χ4v) is 4.67. The smallest absolute Gasteiger partial charge is 0.298 e. The molecule has 1 rings (SSSR count). The van der Waals surface area contributed by atoms with Crippen LogP contribution in [0.1, 0.15) is 57.9 Å². The molecule has 0 unspecified atom stereocenters. The Morgan fingerprint density at radius 3 is 2.05 bits per heavy atom. The highest BCUT2D eigenvalue weighted by atomic mass is 31.2. The Hall–Kier alpha value is -0.690. The van der Waals surface area contributed by atoms with Gasteiger partial charge < -0.3 is 4.57 Å². The molecule has 0 aliphatic carbocycles. The van der Waals surface area contributed by atoms with Crippen LogP contribution in [0.15, 0.2) is 30.3 Å². The average molecular weight is 330 g/mol. The Labute approximate surface area is 133 Å². The third-order valence-electron chi connectivity index (χ3n) is 4.40. The van der Waals surface area contributed by atoms with Crippen LogP contribution in [0.3, 0.4) is 0 Å². The summed E-state index contributed by atoms with van der Waals surface area (Å²) >= 11 is 0. The lowest BCUT2D eigenvalue weighted by Crippen LogP contribution is -2.19. The van der Waals surface area contributed by atoms with Crippen molar-refractivity contribution in [2.75, 3.05) is 12.3 Å². The topological polar surface area (TPSA) is 17.1 Å². The van der Waals surface area contributed by atoms with Gasteiger partial charge in [0.25, 0.3) is 5.66 Å². The first-order valence-electron chi connectivity index (χ1n) is 8.45. The van der Waals surface area contributed by atoms with Crippen LogP contribution in [0.2, 0.25) is 0 Å². The molecule has 0 aliphatic heterocycles. The number of hydrogen-bond donors (Lipinski definition) is 0. The molecule has 0 atom stereocenters. The van der Waals surface area contributed by atoms with E-state index in [4.69, 9.17) is 0 Å². The molecule has 22 heavy (non-hydrogen) atoms. The second kappa shape index (κ2) is 9.45. The van der Waals surface area contributed by atoms with Crippen molar-refractivity contribution in [3.05, 3.63) is 35.9 Å². The predicted molar refractivity (Wildman–Crippen MR) is 91.5 cm³/mol. The lowest BCUT2D eigenvalue weighted by atomic mass is 10.1. The highest BCUT2D eigenvalue weighted by Gasteiger charge is 2.46. The number of hydrogen-bond acceptors (Lipinski definition) is 1. The molecule has 126 valence electrons. The van der Waals surface area contributed by atoms with Gasteiger partial charge >= 0.3 is 0 Å². The summed E-state index contributed by atoms with van der Waals surface area (Å²) < 4.78 is 40.2. The van der Waals surface area contributed by atoms with Gasteiger partial charge in [0.15, 0.2) is 7.14 Å². The first-order valence-corrected chi connectivity index (χ1v) is 10.5. The highest BCUT2D eigenvalue weighted by Crippen LogP contribution is 2.61. The number of benzene rings is 1. The first kappa shape index (κ1) is 19.4. The molecule has 0 fully saturated rings. The van der Waals surface area contributed by atoms with Crippen molar-refractivity contribution < 1.29 is 13.3 Å². The maximum Gasteiger partial charge on any atom is 0.298 e. The van der Waals surface area contributed by atoms with Gasteiger partial charge in [0, 0.05) is 18.7 Å². The molecule has 0 saturated carbocycles. The van der Waals surface area contributed by atoms with E-state index >= 15 is 0 Å². The zero-order valence-electron chi connectivity index (χ0n) is 13.9. The highest BCUT2D eigenvalue weighted by molar-refractivity contribution is 7.65. The van der Waals surface area contributed by atoms with Crippen LogP contribution in [0.25, 0.3) is 0 Å². The molecule has 0 N–H and O–H groups in total. The van der Waals surface area contributed by atoms with Gasteiger partial charge in [0.1, 0.15) is 0 Å². The molecule has 0 radical (unpaired) electrons. The average Bonchev–Trinajstić information content (AvgIpc) is 2.53. The Balaban J connectivity index is 2.16. The van der Waals surface area contributed by atoms with Gasteiger partial charge in [-0.2, -0.15) is 8.78 Å². The third kappa shape index (κ3) is 5.83. The molecule has 0 amide bonds. The van der Waals surface area contributed by atoms with Gasteiger partial charge in [0.2, 0.25) is 0 Å². The first-order chi connectivity index (χ1) is 10.4. The van der Waals surface area contributed by atoms with Gasteiger partial charge in [-0.25, -0.2) is 0 Å². The lowest BCUT2D eigenvalue weighted by Gasteiger charge is -2.25. The van der Waals surface area contributed by atoms with Crippen molar-refractivity contribution in [2.45, 2.75) is 64.5 Å². The molecule has 1 aromatic carbocycles. The third-order valence-corrected chi connectivity index (χ3v) is 7.86. The molecule has 0 spiro atoms. The number of rotatable bonds is 11. The van der Waals surface area contributed by atoms with E-state index in [9.17, 15) is 13.3 Å². The van der Waals surface area contributed by atoms with Crippen LogP contribution < -0.4 is 0 Å². The molecular weight excluding hydrogens is 301 g/mol. The molecule has 0 bridgehead atoms. The van der Waals surface area contributed by atoms with Crippen LogP contribution in [-0.2, 0) is 11.0 Å². The second-order valence-electron chi connectivity index (χ2n) is 5.94. The minimum Gasteiger partial charge on any atom is -0.317 e. The van der Waals surface area contributed by atoms with E-state index in [1.165, 1.54) is 5.56 Å². The minimum absolute atomic E-state index is 0.105. The van der Waals surface area contributed by atoms with E-state index in [1.54, 1.807) is 13.8 Å². The normalized spacial score (nSPS) is 12.5. The van der Waals surface area contributed by atoms with Crippen LogP contribution >= 0.6 is 7.14 Å². The van der Waals surface area contributed by atoms with Crippen molar-refractivity contribution >= 4 is 7.14 Å². The number of alkyl halides is 2. The van der Waals surface area contributed by atoms with E-state index in [0.29, 0.717) is 6.42 Å². The Morgan fingerprint density at radius 1 is 0.909 bits per heavy atom. The van der Waals surface area contributed by atoms with E-state index in [2.05, 4.69) is 12.1 Å². The quantitative estimate of drug-likeness (QED) is 0.331. The van der Waals surface area contributed by atoms with E-state index in [1.807, 2.05) is 18.2 Å². The predicted octanol–water partition coefficient (Wildman–Crippen LogP) is 6.57. The van der Waals surface area contributed by atoms with Crippen LogP contribution in [-0.4, -0.2) is 18.0 Å². The Kier molecular flexibility index (Phi) is 8.31. The fraction of sp³-hybridized carbons (Fsp3) is 0.667. The Bertz CT molecular complexity index is 451. The number of unbranched alkanes of at least 4 members (excludes halogenated alkanes) is 4. The second-order valence-corrected chi connectivity index (χ2v) is 9.64. The van der Waals surface area contributed by atoms with Crippen molar-refractivity contribution in [3.8, 4) is 0 Å². The summed E-state index contributed by atoms with van der Waals surface area (Å²) in [6.07, 6.45) is 5.47. The maximum absolute atomic E-state index is 14.0. The molecular formula is C18H29F2OP. The van der Waals surface area contributed by atoms with Crippen molar-refractivity contribution in [1.29, 1.82) is 0 Å². The van der Waals surface area contributed by atoms with E-state index in [-0.39, 0.29) is 18.7 Å². The van der Waals surface area contributed by atoms with Crippen LogP contribution in [0, 0.1) is 0 Å². The van der Waals surface area contributed by atoms with Crippen molar-refractivity contribution in [1.82, 2.24) is 0 Å². The molecule has 0 heterocycles. The summed E-state index contributed by atoms with van der Waals surface area (Å²) in [5, 5.41) is 0. The lowest BCUT2D eigenvalue weighted by molar-refractivity contribution is 0.0761. The van der Waals surface area contributed by atoms with Crippen LogP contribution in [0.5, 0.6) is 0 Å². The number of halogens is 2. The molecule has 0 saturated heterocycles. The molecule has 0 aromatic heterocycles. The summed E-state index contributed by atoms with van der Waals surface area (Å²) in [4.78, 5) is 0. The summed E-state index contributed by atoms with van der Waals surface area (Å²) in [5.74, 6) is 0. The molecule has 4 heteroatoms.